The first-order chi connectivity index (χ1) is 23.4. The molecule has 1 unspecified atom stereocenters. The Bertz CT molecular complexity index is 1540. The van der Waals surface area contributed by atoms with Gasteiger partial charge in [0, 0.05) is 17.7 Å². The van der Waals surface area contributed by atoms with Gasteiger partial charge < -0.3 is 39.4 Å². The molecule has 0 aliphatic carbocycles. The van der Waals surface area contributed by atoms with E-state index in [1.165, 1.54) is 6.08 Å². The van der Waals surface area contributed by atoms with Crippen LogP contribution in [0, 0.1) is 24.7 Å². The Labute approximate surface area is 290 Å². The van der Waals surface area contributed by atoms with Crippen LogP contribution >= 0.6 is 0 Å². The maximum Gasteiger partial charge on any atom is 0.338 e. The molecule has 3 N–H and O–H groups in total. The van der Waals surface area contributed by atoms with Crippen molar-refractivity contribution in [3.05, 3.63) is 89.5 Å². The molecule has 0 bridgehead atoms. The summed E-state index contributed by atoms with van der Waals surface area (Å²) in [7, 11) is 0. The predicted octanol–water partition coefficient (Wildman–Crippen LogP) is 7.81. The average molecular weight is 677 g/mol. The fourth-order valence-electron chi connectivity index (χ4n) is 4.40. The Kier molecular flexibility index (Phi) is 15.4. The number of carbonyl (C=O) groups is 2. The fraction of sp³-hybridized carbons (Fsp3) is 0.436. The van der Waals surface area contributed by atoms with Gasteiger partial charge in [0.15, 0.2) is 6.23 Å². The van der Waals surface area contributed by atoms with E-state index in [4.69, 9.17) is 23.7 Å². The summed E-state index contributed by atoms with van der Waals surface area (Å²) in [5, 5.41) is 17.3. The van der Waals surface area contributed by atoms with Crippen molar-refractivity contribution in [2.45, 2.75) is 54.7 Å². The number of carbonyl (C=O) groups excluding carboxylic acids is 2. The van der Waals surface area contributed by atoms with Crippen LogP contribution in [0.2, 0.25) is 0 Å². The highest BCUT2D eigenvalue weighted by Gasteiger charge is 2.19. The second-order valence-corrected chi connectivity index (χ2v) is 13.1. The first-order valence-electron chi connectivity index (χ1n) is 16.8. The van der Waals surface area contributed by atoms with Crippen molar-refractivity contribution in [2.24, 2.45) is 17.8 Å². The maximum absolute atomic E-state index is 13.4. The molecule has 3 aromatic carbocycles. The number of benzene rings is 3. The number of anilines is 2. The quantitative estimate of drug-likeness (QED) is 0.0476. The van der Waals surface area contributed by atoms with Crippen molar-refractivity contribution in [3.63, 3.8) is 0 Å². The van der Waals surface area contributed by atoms with E-state index in [0.29, 0.717) is 84.3 Å². The number of hydrogen-bond donors (Lipinski definition) is 3. The van der Waals surface area contributed by atoms with Gasteiger partial charge in [-0.3, -0.25) is 4.79 Å². The van der Waals surface area contributed by atoms with Crippen molar-refractivity contribution < 1.29 is 38.4 Å². The number of aryl methyl sites for hydroxylation is 1. The Morgan fingerprint density at radius 2 is 1.37 bits per heavy atom. The van der Waals surface area contributed by atoms with Crippen LogP contribution in [0.5, 0.6) is 17.2 Å². The van der Waals surface area contributed by atoms with E-state index in [2.05, 4.69) is 31.1 Å². The van der Waals surface area contributed by atoms with Crippen LogP contribution in [0.1, 0.15) is 79.6 Å². The predicted molar refractivity (Wildman–Crippen MR) is 193 cm³/mol. The van der Waals surface area contributed by atoms with Crippen LogP contribution in [0.25, 0.3) is 0 Å². The minimum atomic E-state index is -1.17. The third kappa shape index (κ3) is 12.8. The van der Waals surface area contributed by atoms with Gasteiger partial charge in [0.05, 0.1) is 36.8 Å². The molecule has 0 aliphatic rings. The van der Waals surface area contributed by atoms with Crippen molar-refractivity contribution in [3.8, 4) is 17.2 Å². The van der Waals surface area contributed by atoms with E-state index in [-0.39, 0.29) is 24.3 Å². The van der Waals surface area contributed by atoms with Crippen molar-refractivity contribution in [1.29, 1.82) is 0 Å². The summed E-state index contributed by atoms with van der Waals surface area (Å²) >= 11 is 0. The van der Waals surface area contributed by atoms with E-state index in [1.54, 1.807) is 48.5 Å². The van der Waals surface area contributed by atoms with Gasteiger partial charge in [-0.2, -0.15) is 0 Å². The van der Waals surface area contributed by atoms with E-state index >= 15 is 0 Å². The summed E-state index contributed by atoms with van der Waals surface area (Å²) < 4.78 is 28.8. The molecule has 0 radical (unpaired) electrons. The maximum atomic E-state index is 13.4. The van der Waals surface area contributed by atoms with Crippen LogP contribution in [0.15, 0.2) is 67.3 Å². The zero-order valence-corrected chi connectivity index (χ0v) is 29.8. The molecule has 1 atom stereocenters. The Balaban J connectivity index is 1.81. The largest absolute Gasteiger partial charge is 0.491 e. The van der Waals surface area contributed by atoms with Gasteiger partial charge in [0.25, 0.3) is 5.91 Å². The molecule has 0 aromatic heterocycles. The number of nitrogens with one attached hydrogen (secondary N) is 2. The number of hydrogen-bond acceptors (Lipinski definition) is 9. The monoisotopic (exact) mass is 676 g/mol. The normalized spacial score (nSPS) is 11.7. The molecular weight excluding hydrogens is 624 g/mol. The minimum absolute atomic E-state index is 0.0897. The lowest BCUT2D eigenvalue weighted by Crippen LogP contribution is -2.16. The smallest absolute Gasteiger partial charge is 0.338 e. The second-order valence-electron chi connectivity index (χ2n) is 13.1. The summed E-state index contributed by atoms with van der Waals surface area (Å²) in [5.74, 6) is 1.46. The molecule has 0 spiro atoms. The van der Waals surface area contributed by atoms with Crippen molar-refractivity contribution >= 4 is 23.3 Å². The highest BCUT2D eigenvalue weighted by atomic mass is 16.5. The zero-order valence-electron chi connectivity index (χ0n) is 29.8. The van der Waals surface area contributed by atoms with Gasteiger partial charge in [0.2, 0.25) is 0 Å². The van der Waals surface area contributed by atoms with Gasteiger partial charge >= 0.3 is 5.97 Å². The summed E-state index contributed by atoms with van der Waals surface area (Å²) in [5.41, 5.74) is 3.08. The number of rotatable bonds is 20. The highest BCUT2D eigenvalue weighted by molar-refractivity contribution is 6.05. The number of ether oxygens (including phenoxy) is 5. The molecule has 0 fully saturated rings. The summed E-state index contributed by atoms with van der Waals surface area (Å²) in [6.45, 7) is 20.1. The molecule has 0 aliphatic heterocycles. The lowest BCUT2D eigenvalue weighted by atomic mass is 10.1. The minimum Gasteiger partial charge on any atom is -0.491 e. The third-order valence-electron chi connectivity index (χ3n) is 6.94. The summed E-state index contributed by atoms with van der Waals surface area (Å²) in [6, 6.07) is 15.2. The van der Waals surface area contributed by atoms with Crippen molar-refractivity contribution in [1.82, 2.24) is 0 Å². The molecule has 10 heteroatoms. The molecule has 3 aromatic rings. The third-order valence-corrected chi connectivity index (χ3v) is 6.94. The Hall–Kier alpha value is -4.54. The van der Waals surface area contributed by atoms with E-state index in [0.717, 1.165) is 5.56 Å². The number of amides is 1. The molecule has 0 saturated carbocycles. The van der Waals surface area contributed by atoms with Gasteiger partial charge in [0.1, 0.15) is 30.5 Å². The van der Waals surface area contributed by atoms with Crippen LogP contribution in [0.3, 0.4) is 0 Å². The van der Waals surface area contributed by atoms with E-state index in [1.807, 2.05) is 40.7 Å². The van der Waals surface area contributed by atoms with Gasteiger partial charge in [-0.15, -0.1) is 0 Å². The molecule has 3 rings (SSSR count). The zero-order chi connectivity index (χ0) is 35.9. The summed E-state index contributed by atoms with van der Waals surface area (Å²) in [4.78, 5) is 25.9. The van der Waals surface area contributed by atoms with Crippen LogP contribution < -0.4 is 24.8 Å². The number of esters is 1. The fourth-order valence-corrected chi connectivity index (χ4v) is 4.40. The Morgan fingerprint density at radius 1 is 0.755 bits per heavy atom. The van der Waals surface area contributed by atoms with Crippen molar-refractivity contribution in [2.75, 3.05) is 50.3 Å². The first-order valence-corrected chi connectivity index (χ1v) is 16.8. The summed E-state index contributed by atoms with van der Waals surface area (Å²) in [6.07, 6.45) is 0.323. The highest BCUT2D eigenvalue weighted by Crippen LogP contribution is 2.33. The SMILES string of the molecule is C=CCOC(=O)c1ccc(NC(O)c2ccc(NC(=O)c3ccc(C)c(OCCOCC(C)C)c3)c(OCC(C)C)c2)c(OCC(C)C)c1. The lowest BCUT2D eigenvalue weighted by Gasteiger charge is -2.21. The van der Waals surface area contributed by atoms with Crippen LogP contribution in [0.4, 0.5) is 11.4 Å². The molecule has 0 heterocycles. The number of aliphatic hydroxyl groups is 1. The van der Waals surface area contributed by atoms with Crippen LogP contribution in [-0.4, -0.2) is 56.6 Å². The molecule has 0 saturated heterocycles. The first kappa shape index (κ1) is 38.9. The van der Waals surface area contributed by atoms with Gasteiger partial charge in [-0.05, 0) is 72.7 Å². The topological polar surface area (TPSA) is 125 Å². The number of aliphatic hydroxyl groups excluding tert-OH is 1. The molecule has 49 heavy (non-hydrogen) atoms. The van der Waals surface area contributed by atoms with E-state index in [9.17, 15) is 14.7 Å². The van der Waals surface area contributed by atoms with Gasteiger partial charge in [-0.25, -0.2) is 4.79 Å². The molecule has 1 amide bonds. The molecule has 10 nitrogen and oxygen atoms in total. The molecular formula is C39H52N2O8. The van der Waals surface area contributed by atoms with Crippen LogP contribution in [-0.2, 0) is 9.47 Å². The lowest BCUT2D eigenvalue weighted by molar-refractivity contribution is 0.0549. The standard InChI is InChI=1S/C39H52N2O8/c1-9-16-47-39(44)31-13-15-33(36(21-31)49-24-27(6)7)41-38(43)30-12-14-32(35(20-30)48-23-26(4)5)40-37(42)29-11-10-28(8)34(19-29)46-18-17-45-22-25(2)3/h9-15,19-21,25-27,38,41,43H,1,16-18,22-24H2,2-8H3,(H,40,42). The molecule has 266 valence electrons. The Morgan fingerprint density at radius 3 is 2.02 bits per heavy atom. The average Bonchev–Trinajstić information content (AvgIpc) is 3.06. The van der Waals surface area contributed by atoms with Gasteiger partial charge in [-0.1, -0.05) is 66.3 Å². The van der Waals surface area contributed by atoms with E-state index < -0.39 is 12.2 Å². The second kappa shape index (κ2) is 19.5.